The minimum absolute atomic E-state index is 0.0170. The number of benzene rings is 2. The number of rotatable bonds is 5. The number of carbonyl (C=O) groups is 3. The van der Waals surface area contributed by atoms with Gasteiger partial charge in [0.25, 0.3) is 0 Å². The molecule has 0 saturated carbocycles. The molecule has 4 amide bonds. The van der Waals surface area contributed by atoms with Crippen LogP contribution in [-0.2, 0) is 22.7 Å². The molecule has 2 aliphatic heterocycles. The number of fused-ring (bicyclic) bond motifs is 1. The molecule has 0 bridgehead atoms. The molecule has 2 aromatic rings. The zero-order valence-corrected chi connectivity index (χ0v) is 20.0. The lowest BCUT2D eigenvalue weighted by atomic mass is 10.0. The Bertz CT molecular complexity index is 1110. The summed E-state index contributed by atoms with van der Waals surface area (Å²) in [6.07, 6.45) is -0.677. The Morgan fingerprint density at radius 3 is 2.47 bits per heavy atom. The van der Waals surface area contributed by atoms with Crippen LogP contribution in [0.25, 0.3) is 0 Å². The minimum atomic E-state index is -0.855. The van der Waals surface area contributed by atoms with Crippen LogP contribution in [0.4, 0.5) is 4.79 Å². The van der Waals surface area contributed by atoms with Crippen molar-refractivity contribution in [1.29, 1.82) is 0 Å². The maximum Gasteiger partial charge on any atom is 0.334 e. The lowest BCUT2D eigenvalue weighted by Crippen LogP contribution is -2.75. The third-order valence-corrected chi connectivity index (χ3v) is 6.48. The molecule has 8 nitrogen and oxygen atoms in total. The number of nitrogens with zero attached hydrogens (tertiary/aromatic N) is 4. The Morgan fingerprint density at radius 1 is 1.12 bits per heavy atom. The molecule has 2 aromatic carbocycles. The smallest absolute Gasteiger partial charge is 0.333 e. The van der Waals surface area contributed by atoms with Gasteiger partial charge in [0, 0.05) is 25.2 Å². The lowest BCUT2D eigenvalue weighted by Gasteiger charge is -2.54. The highest BCUT2D eigenvalue weighted by Crippen LogP contribution is 2.30. The molecule has 34 heavy (non-hydrogen) atoms. The van der Waals surface area contributed by atoms with Gasteiger partial charge in [0.2, 0.25) is 11.8 Å². The van der Waals surface area contributed by atoms with E-state index in [0.29, 0.717) is 17.1 Å². The number of hydrogen-bond acceptors (Lipinski definition) is 4. The van der Waals surface area contributed by atoms with Gasteiger partial charge < -0.3 is 15.1 Å². The second kappa shape index (κ2) is 9.87. The quantitative estimate of drug-likeness (QED) is 0.666. The topological polar surface area (TPSA) is 76.2 Å². The summed E-state index contributed by atoms with van der Waals surface area (Å²) in [5, 5.41) is 6.61. The molecule has 2 fully saturated rings. The Kier molecular flexibility index (Phi) is 6.90. The first-order valence-electron chi connectivity index (χ1n) is 11.1. The van der Waals surface area contributed by atoms with Gasteiger partial charge in [0.05, 0.1) is 13.1 Å². The fraction of sp³-hybridized carbons (Fsp3) is 0.320. The van der Waals surface area contributed by atoms with Crippen molar-refractivity contribution in [3.8, 4) is 0 Å². The molecule has 0 aromatic heterocycles. The number of hydrazine groups is 1. The van der Waals surface area contributed by atoms with Crippen LogP contribution in [0, 0.1) is 0 Å². The molecule has 1 N–H and O–H groups in total. The molecule has 0 aliphatic carbocycles. The first kappa shape index (κ1) is 23.8. The fourth-order valence-corrected chi connectivity index (χ4v) is 4.69. The van der Waals surface area contributed by atoms with E-state index in [0.717, 1.165) is 11.1 Å². The number of urea groups is 1. The van der Waals surface area contributed by atoms with Crippen LogP contribution >= 0.6 is 11.6 Å². The van der Waals surface area contributed by atoms with Gasteiger partial charge in [0.15, 0.2) is 0 Å². The molecule has 2 aliphatic rings. The molecule has 9 heteroatoms. The Morgan fingerprint density at radius 2 is 1.79 bits per heavy atom. The summed E-state index contributed by atoms with van der Waals surface area (Å²) in [6.45, 7) is 6.46. The van der Waals surface area contributed by atoms with Crippen LogP contribution in [0.15, 0.2) is 66.7 Å². The zero-order chi connectivity index (χ0) is 24.4. The standard InChI is InChI=1S/C25H28ClN5O3/c1-17(2)23-24(33)29(14-19-11-7-8-12-20(19)26)15-21-30(23)22(32)16-28(3)31(21)25(34)27-13-18-9-5-4-6-10-18/h4-12,21,23H,1,13-16H2,2-3H3,(H,27,34)/t21?,23-/m0/s1. The van der Waals surface area contributed by atoms with E-state index in [9.17, 15) is 14.4 Å². The summed E-state index contributed by atoms with van der Waals surface area (Å²) in [7, 11) is 1.70. The maximum atomic E-state index is 13.4. The third-order valence-electron chi connectivity index (χ3n) is 6.11. The summed E-state index contributed by atoms with van der Waals surface area (Å²) < 4.78 is 0. The van der Waals surface area contributed by atoms with Gasteiger partial charge in [-0.2, -0.15) is 0 Å². The molecular formula is C25H28ClN5O3. The van der Waals surface area contributed by atoms with E-state index in [4.69, 9.17) is 11.6 Å². The predicted octanol–water partition coefficient (Wildman–Crippen LogP) is 2.85. The molecule has 0 spiro atoms. The average molecular weight is 482 g/mol. The van der Waals surface area contributed by atoms with Gasteiger partial charge in [0.1, 0.15) is 12.2 Å². The Labute approximate surface area is 204 Å². The summed E-state index contributed by atoms with van der Waals surface area (Å²) in [6, 6.07) is 15.7. The van der Waals surface area contributed by atoms with Crippen molar-refractivity contribution in [1.82, 2.24) is 25.1 Å². The van der Waals surface area contributed by atoms with Crippen LogP contribution in [0.1, 0.15) is 18.1 Å². The zero-order valence-electron chi connectivity index (χ0n) is 19.3. The van der Waals surface area contributed by atoms with Crippen LogP contribution < -0.4 is 5.32 Å². The third kappa shape index (κ3) is 4.64. The van der Waals surface area contributed by atoms with Gasteiger partial charge in [-0.05, 0) is 29.7 Å². The molecule has 178 valence electrons. The molecular weight excluding hydrogens is 454 g/mol. The maximum absolute atomic E-state index is 13.4. The van der Waals surface area contributed by atoms with Crippen LogP contribution in [0.3, 0.4) is 0 Å². The average Bonchev–Trinajstić information content (AvgIpc) is 2.80. The van der Waals surface area contributed by atoms with Gasteiger partial charge in [-0.25, -0.2) is 14.8 Å². The molecule has 1 unspecified atom stereocenters. The molecule has 2 heterocycles. The van der Waals surface area contributed by atoms with Crippen molar-refractivity contribution >= 4 is 29.4 Å². The largest absolute Gasteiger partial charge is 0.334 e. The molecule has 2 saturated heterocycles. The SMILES string of the molecule is C=C(C)[C@H]1C(=O)N(Cc2ccccc2Cl)CC2N1C(=O)CN(C)N2C(=O)NCc1ccccc1. The van der Waals surface area contributed by atoms with Crippen LogP contribution in [0.5, 0.6) is 0 Å². The number of hydrogen-bond donors (Lipinski definition) is 1. The van der Waals surface area contributed by atoms with Crippen LogP contribution in [0.2, 0.25) is 5.02 Å². The minimum Gasteiger partial charge on any atom is -0.333 e. The van der Waals surface area contributed by atoms with Crippen molar-refractivity contribution in [2.75, 3.05) is 20.1 Å². The molecule has 4 rings (SSSR count). The summed E-state index contributed by atoms with van der Waals surface area (Å²) in [4.78, 5) is 43.0. The van der Waals surface area contributed by atoms with Gasteiger partial charge in [-0.3, -0.25) is 9.59 Å². The monoisotopic (exact) mass is 481 g/mol. The highest BCUT2D eigenvalue weighted by Gasteiger charge is 2.50. The van der Waals surface area contributed by atoms with Crippen molar-refractivity contribution in [3.05, 3.63) is 82.9 Å². The van der Waals surface area contributed by atoms with Crippen molar-refractivity contribution in [3.63, 3.8) is 0 Å². The van der Waals surface area contributed by atoms with E-state index in [-0.39, 0.29) is 37.5 Å². The number of nitrogens with one attached hydrogen (secondary N) is 1. The van der Waals surface area contributed by atoms with Crippen LogP contribution in [-0.4, -0.2) is 70.0 Å². The van der Waals surface area contributed by atoms with Crippen molar-refractivity contribution in [2.24, 2.45) is 0 Å². The van der Waals surface area contributed by atoms with Gasteiger partial charge in [-0.1, -0.05) is 66.7 Å². The number of halogens is 1. The van der Waals surface area contributed by atoms with E-state index >= 15 is 0 Å². The van der Waals surface area contributed by atoms with E-state index in [2.05, 4.69) is 11.9 Å². The highest BCUT2D eigenvalue weighted by molar-refractivity contribution is 6.31. The van der Waals surface area contributed by atoms with Gasteiger partial charge >= 0.3 is 6.03 Å². The normalized spacial score (nSPS) is 20.9. The number of amides is 4. The molecule has 2 atom stereocenters. The van der Waals surface area contributed by atoms with E-state index in [1.54, 1.807) is 29.9 Å². The Hall–Kier alpha value is -3.36. The number of carbonyl (C=O) groups excluding carboxylic acids is 3. The predicted molar refractivity (Wildman–Crippen MR) is 129 cm³/mol. The van der Waals surface area contributed by atoms with Crippen molar-refractivity contribution in [2.45, 2.75) is 32.2 Å². The first-order chi connectivity index (χ1) is 16.3. The van der Waals surface area contributed by atoms with Gasteiger partial charge in [-0.15, -0.1) is 0 Å². The highest BCUT2D eigenvalue weighted by atomic mass is 35.5. The summed E-state index contributed by atoms with van der Waals surface area (Å²) >= 11 is 6.35. The van der Waals surface area contributed by atoms with E-state index in [1.165, 1.54) is 9.91 Å². The van der Waals surface area contributed by atoms with Crippen molar-refractivity contribution < 1.29 is 14.4 Å². The number of piperazine rings is 1. The second-order valence-corrected chi connectivity index (χ2v) is 9.05. The van der Waals surface area contributed by atoms with E-state index < -0.39 is 12.2 Å². The molecule has 0 radical (unpaired) electrons. The fourth-order valence-electron chi connectivity index (χ4n) is 4.49. The second-order valence-electron chi connectivity index (χ2n) is 8.65. The van der Waals surface area contributed by atoms with E-state index in [1.807, 2.05) is 48.5 Å². The summed E-state index contributed by atoms with van der Waals surface area (Å²) in [5.41, 5.74) is 2.30. The Balaban J connectivity index is 1.63. The first-order valence-corrected chi connectivity index (χ1v) is 11.5. The lowest BCUT2D eigenvalue weighted by molar-refractivity contribution is -0.184. The number of likely N-dealkylation sites (N-methyl/N-ethyl adjacent to an activating group) is 1. The summed E-state index contributed by atoms with van der Waals surface area (Å²) in [5.74, 6) is -0.454.